The lowest BCUT2D eigenvalue weighted by Crippen LogP contribution is -2.38. The van der Waals surface area contributed by atoms with Crippen molar-refractivity contribution in [3.8, 4) is 0 Å². The zero-order valence-corrected chi connectivity index (χ0v) is 14.5. The van der Waals surface area contributed by atoms with Gasteiger partial charge in [0.15, 0.2) is 0 Å². The molecule has 2 aliphatic heterocycles. The number of rotatable bonds is 2. The van der Waals surface area contributed by atoms with Gasteiger partial charge in [-0.3, -0.25) is 9.59 Å². The number of ether oxygens (including phenoxy) is 1. The number of anilines is 2. The summed E-state index contributed by atoms with van der Waals surface area (Å²) in [5.74, 6) is -0.550. The highest BCUT2D eigenvalue weighted by Crippen LogP contribution is 2.37. The number of carbonyl (C=O) groups is 2. The van der Waals surface area contributed by atoms with Crippen LogP contribution in [0.3, 0.4) is 0 Å². The summed E-state index contributed by atoms with van der Waals surface area (Å²) in [6.45, 7) is 2.74. The molecule has 0 bridgehead atoms. The molecule has 0 unspecified atom stereocenters. The minimum absolute atomic E-state index is 0.275. The van der Waals surface area contributed by atoms with Crippen molar-refractivity contribution >= 4 is 39.1 Å². The number of imide groups is 1. The van der Waals surface area contributed by atoms with Crippen LogP contribution in [0.4, 0.5) is 11.4 Å². The van der Waals surface area contributed by atoms with Crippen molar-refractivity contribution in [1.29, 1.82) is 0 Å². The molecule has 0 saturated carbocycles. The Bertz CT molecular complexity index is 796. The van der Waals surface area contributed by atoms with E-state index in [0.29, 0.717) is 30.0 Å². The molecule has 5 nitrogen and oxygen atoms in total. The van der Waals surface area contributed by atoms with Gasteiger partial charge in [0.1, 0.15) is 0 Å². The minimum Gasteiger partial charge on any atom is -0.378 e. The van der Waals surface area contributed by atoms with Crippen LogP contribution >= 0.6 is 15.9 Å². The van der Waals surface area contributed by atoms with Crippen LogP contribution in [-0.4, -0.2) is 38.1 Å². The highest BCUT2D eigenvalue weighted by atomic mass is 79.9. The maximum Gasteiger partial charge on any atom is 0.266 e. The van der Waals surface area contributed by atoms with E-state index in [1.807, 2.05) is 18.2 Å². The van der Waals surface area contributed by atoms with E-state index in [4.69, 9.17) is 4.74 Å². The molecular weight excluding hydrogens is 372 g/mol. The van der Waals surface area contributed by atoms with Gasteiger partial charge >= 0.3 is 0 Å². The predicted molar refractivity (Wildman–Crippen MR) is 94.8 cm³/mol. The van der Waals surface area contributed by atoms with Crippen LogP contribution in [0.25, 0.3) is 0 Å². The van der Waals surface area contributed by atoms with Gasteiger partial charge in [0, 0.05) is 17.6 Å². The van der Waals surface area contributed by atoms with E-state index in [0.717, 1.165) is 23.2 Å². The first-order valence-electron chi connectivity index (χ1n) is 7.77. The molecule has 2 aromatic rings. The van der Waals surface area contributed by atoms with E-state index in [-0.39, 0.29) is 11.8 Å². The number of amides is 2. The summed E-state index contributed by atoms with van der Waals surface area (Å²) >= 11 is 3.45. The van der Waals surface area contributed by atoms with E-state index in [2.05, 4.69) is 20.8 Å². The van der Waals surface area contributed by atoms with E-state index in [9.17, 15) is 9.59 Å². The Morgan fingerprint density at radius 3 is 2.12 bits per heavy atom. The third kappa shape index (κ3) is 2.42. The van der Waals surface area contributed by atoms with Crippen LogP contribution in [0.15, 0.2) is 46.9 Å². The van der Waals surface area contributed by atoms with Gasteiger partial charge in [0.05, 0.1) is 35.7 Å². The molecule has 0 aromatic heterocycles. The smallest absolute Gasteiger partial charge is 0.266 e. The summed E-state index contributed by atoms with van der Waals surface area (Å²) in [6, 6.07) is 12.6. The number of halogens is 1. The molecule has 1 fully saturated rings. The fraction of sp³-hybridized carbons (Fsp3) is 0.222. The number of morpholine rings is 1. The standard InChI is InChI=1S/C18H15BrN2O3/c19-12-5-6-15(20-7-9-24-10-8-20)16(11-12)21-17(22)13-3-1-2-4-14(13)18(21)23/h1-6,11H,7-10H2. The summed E-state index contributed by atoms with van der Waals surface area (Å²) < 4.78 is 6.23. The number of hydrogen-bond acceptors (Lipinski definition) is 4. The molecule has 0 spiro atoms. The molecule has 1 saturated heterocycles. The van der Waals surface area contributed by atoms with E-state index < -0.39 is 0 Å². The van der Waals surface area contributed by atoms with Crippen LogP contribution in [0, 0.1) is 0 Å². The lowest BCUT2D eigenvalue weighted by Gasteiger charge is -2.32. The molecule has 122 valence electrons. The largest absolute Gasteiger partial charge is 0.378 e. The van der Waals surface area contributed by atoms with Crippen LogP contribution in [0.2, 0.25) is 0 Å². The maximum absolute atomic E-state index is 12.8. The molecule has 6 heteroatoms. The van der Waals surface area contributed by atoms with Gasteiger partial charge in [-0.25, -0.2) is 4.90 Å². The van der Waals surface area contributed by atoms with Gasteiger partial charge in [-0.2, -0.15) is 0 Å². The number of carbonyl (C=O) groups excluding carboxylic acids is 2. The Kier molecular flexibility index (Phi) is 3.86. The second-order valence-electron chi connectivity index (χ2n) is 5.72. The average Bonchev–Trinajstić information content (AvgIpc) is 2.87. The Morgan fingerprint density at radius 1 is 0.875 bits per heavy atom. The summed E-state index contributed by atoms with van der Waals surface area (Å²) in [5.41, 5.74) is 2.39. The van der Waals surface area contributed by atoms with Gasteiger partial charge in [-0.1, -0.05) is 28.1 Å². The van der Waals surface area contributed by atoms with Crippen molar-refractivity contribution in [2.75, 3.05) is 36.1 Å². The van der Waals surface area contributed by atoms with E-state index in [1.54, 1.807) is 24.3 Å². The fourth-order valence-corrected chi connectivity index (χ4v) is 3.50. The Labute approximate surface area is 147 Å². The predicted octanol–water partition coefficient (Wildman–Crippen LogP) is 3.09. The molecule has 2 aliphatic rings. The van der Waals surface area contributed by atoms with Gasteiger partial charge < -0.3 is 9.64 Å². The van der Waals surface area contributed by atoms with Crippen LogP contribution < -0.4 is 9.80 Å². The monoisotopic (exact) mass is 386 g/mol. The first kappa shape index (κ1) is 15.4. The molecule has 2 amide bonds. The van der Waals surface area contributed by atoms with Crippen molar-refractivity contribution in [3.05, 3.63) is 58.1 Å². The van der Waals surface area contributed by atoms with Crippen LogP contribution in [0.1, 0.15) is 20.7 Å². The molecule has 0 atom stereocenters. The van der Waals surface area contributed by atoms with Crippen LogP contribution in [-0.2, 0) is 4.74 Å². The second kappa shape index (κ2) is 6.03. The SMILES string of the molecule is O=C1c2ccccc2C(=O)N1c1cc(Br)ccc1N1CCOCC1. The molecular formula is C18H15BrN2O3. The molecule has 2 aromatic carbocycles. The first-order valence-corrected chi connectivity index (χ1v) is 8.56. The minimum atomic E-state index is -0.275. The Morgan fingerprint density at radius 2 is 1.50 bits per heavy atom. The van der Waals surface area contributed by atoms with Gasteiger partial charge in [0.25, 0.3) is 11.8 Å². The molecule has 0 N–H and O–H groups in total. The highest BCUT2D eigenvalue weighted by Gasteiger charge is 2.38. The molecule has 24 heavy (non-hydrogen) atoms. The normalized spacial score (nSPS) is 17.4. The zero-order chi connectivity index (χ0) is 16.7. The highest BCUT2D eigenvalue weighted by molar-refractivity contribution is 9.10. The van der Waals surface area contributed by atoms with E-state index in [1.165, 1.54) is 4.90 Å². The third-order valence-corrected chi connectivity index (χ3v) is 4.82. The molecule has 0 radical (unpaired) electrons. The fourth-order valence-electron chi connectivity index (χ4n) is 3.16. The van der Waals surface area contributed by atoms with Gasteiger partial charge in [-0.15, -0.1) is 0 Å². The topological polar surface area (TPSA) is 49.9 Å². The summed E-state index contributed by atoms with van der Waals surface area (Å²) in [6.07, 6.45) is 0. The van der Waals surface area contributed by atoms with Crippen molar-refractivity contribution in [2.24, 2.45) is 0 Å². The van der Waals surface area contributed by atoms with Crippen molar-refractivity contribution in [3.63, 3.8) is 0 Å². The number of fused-ring (bicyclic) bond motifs is 1. The Hall–Kier alpha value is -2.18. The van der Waals surface area contributed by atoms with Crippen LogP contribution in [0.5, 0.6) is 0 Å². The van der Waals surface area contributed by atoms with Gasteiger partial charge in [-0.05, 0) is 30.3 Å². The van der Waals surface area contributed by atoms with Crippen molar-refractivity contribution in [2.45, 2.75) is 0 Å². The maximum atomic E-state index is 12.8. The zero-order valence-electron chi connectivity index (χ0n) is 12.9. The second-order valence-corrected chi connectivity index (χ2v) is 6.64. The van der Waals surface area contributed by atoms with Crippen molar-refractivity contribution in [1.82, 2.24) is 0 Å². The number of hydrogen-bond donors (Lipinski definition) is 0. The summed E-state index contributed by atoms with van der Waals surface area (Å²) in [7, 11) is 0. The quantitative estimate of drug-likeness (QED) is 0.744. The van der Waals surface area contributed by atoms with Crippen molar-refractivity contribution < 1.29 is 14.3 Å². The van der Waals surface area contributed by atoms with E-state index >= 15 is 0 Å². The lowest BCUT2D eigenvalue weighted by molar-refractivity contribution is 0.0926. The molecule has 0 aliphatic carbocycles. The third-order valence-electron chi connectivity index (χ3n) is 4.32. The number of benzene rings is 2. The van der Waals surface area contributed by atoms with Gasteiger partial charge in [0.2, 0.25) is 0 Å². The number of nitrogens with zero attached hydrogens (tertiary/aromatic N) is 2. The first-order chi connectivity index (χ1) is 11.7. The molecule has 4 rings (SSSR count). The summed E-state index contributed by atoms with van der Waals surface area (Å²) in [4.78, 5) is 29.0. The lowest BCUT2D eigenvalue weighted by atomic mass is 10.1. The molecule has 2 heterocycles. The Balaban J connectivity index is 1.81. The average molecular weight is 387 g/mol. The summed E-state index contributed by atoms with van der Waals surface area (Å²) in [5, 5.41) is 0.